The summed E-state index contributed by atoms with van der Waals surface area (Å²) >= 11 is 1.53. The molecule has 2 aliphatic heterocycles. The lowest BCUT2D eigenvalue weighted by Crippen LogP contribution is -2.52. The average molecular weight is 465 g/mol. The molecule has 0 unspecified atom stereocenters. The van der Waals surface area contributed by atoms with E-state index in [4.69, 9.17) is 0 Å². The highest BCUT2D eigenvalue weighted by Gasteiger charge is 2.32. The molecule has 7 heteroatoms. The van der Waals surface area contributed by atoms with E-state index in [1.165, 1.54) is 16.7 Å². The molecule has 2 aliphatic rings. The van der Waals surface area contributed by atoms with Gasteiger partial charge in [0.2, 0.25) is 5.91 Å². The molecule has 0 spiro atoms. The van der Waals surface area contributed by atoms with Gasteiger partial charge in [-0.3, -0.25) is 14.5 Å². The lowest BCUT2D eigenvalue weighted by molar-refractivity contribution is -0.138. The Hall–Kier alpha value is -2.64. The summed E-state index contributed by atoms with van der Waals surface area (Å²) in [7, 11) is 0. The predicted octanol–water partition coefficient (Wildman–Crippen LogP) is 4.10. The van der Waals surface area contributed by atoms with Crippen LogP contribution >= 0.6 is 11.3 Å². The number of piperidine rings is 1. The van der Waals surface area contributed by atoms with Crippen LogP contribution in [0, 0.1) is 5.92 Å². The molecule has 6 nitrogen and oxygen atoms in total. The van der Waals surface area contributed by atoms with Crippen molar-refractivity contribution in [2.45, 2.75) is 26.2 Å². The molecule has 2 saturated heterocycles. The minimum Gasteiger partial charge on any atom is -0.340 e. The van der Waals surface area contributed by atoms with Gasteiger partial charge in [0.25, 0.3) is 5.91 Å². The number of likely N-dealkylation sites (tertiary alicyclic amines) is 1. The Morgan fingerprint density at radius 2 is 1.67 bits per heavy atom. The van der Waals surface area contributed by atoms with E-state index >= 15 is 0 Å². The Balaban J connectivity index is 1.17. The van der Waals surface area contributed by atoms with Gasteiger partial charge in [-0.25, -0.2) is 0 Å². The predicted molar refractivity (Wildman–Crippen MR) is 133 cm³/mol. The van der Waals surface area contributed by atoms with E-state index in [-0.39, 0.29) is 17.7 Å². The number of para-hydroxylation sites is 1. The van der Waals surface area contributed by atoms with Crippen molar-refractivity contribution < 1.29 is 9.59 Å². The highest BCUT2D eigenvalue weighted by Crippen LogP contribution is 2.28. The fraction of sp³-hybridized carbons (Fsp3) is 0.462. The maximum absolute atomic E-state index is 13.1. The fourth-order valence-corrected chi connectivity index (χ4v) is 6.07. The third kappa shape index (κ3) is 4.57. The largest absolute Gasteiger partial charge is 0.340 e. The molecule has 0 saturated carbocycles. The molecular formula is C26H32N4O2S. The molecule has 2 amide bonds. The van der Waals surface area contributed by atoms with Gasteiger partial charge in [-0.1, -0.05) is 25.1 Å². The van der Waals surface area contributed by atoms with Gasteiger partial charge in [0.1, 0.15) is 5.00 Å². The molecule has 33 heavy (non-hydrogen) atoms. The molecule has 0 atom stereocenters. The molecule has 3 aromatic rings. The first-order valence-corrected chi connectivity index (χ1v) is 12.9. The SMILES string of the molecule is CCCN1CCN(C(=O)C2CCN(C(=O)c3ccc(-n4ccc5ccccc54)s3)CC2)CC1. The lowest BCUT2D eigenvalue weighted by atomic mass is 9.95. The highest BCUT2D eigenvalue weighted by molar-refractivity contribution is 7.16. The zero-order chi connectivity index (χ0) is 22.8. The normalized spacial score (nSPS) is 18.2. The van der Waals surface area contributed by atoms with Crippen molar-refractivity contribution in [3.05, 3.63) is 53.5 Å². The van der Waals surface area contributed by atoms with E-state index in [1.807, 2.05) is 34.1 Å². The number of hydrogen-bond donors (Lipinski definition) is 0. The quantitative estimate of drug-likeness (QED) is 0.571. The van der Waals surface area contributed by atoms with E-state index in [9.17, 15) is 9.59 Å². The van der Waals surface area contributed by atoms with Crippen LogP contribution in [0.1, 0.15) is 35.9 Å². The Morgan fingerprint density at radius 1 is 0.909 bits per heavy atom. The van der Waals surface area contributed by atoms with Crippen molar-refractivity contribution >= 4 is 34.1 Å². The van der Waals surface area contributed by atoms with Gasteiger partial charge in [0, 0.05) is 51.4 Å². The zero-order valence-electron chi connectivity index (χ0n) is 19.3. The van der Waals surface area contributed by atoms with E-state index in [0.717, 1.165) is 67.4 Å². The third-order valence-corrected chi connectivity index (χ3v) is 8.07. The molecule has 174 valence electrons. The van der Waals surface area contributed by atoms with Crippen LogP contribution in [0.2, 0.25) is 0 Å². The van der Waals surface area contributed by atoms with Crippen LogP contribution in [0.4, 0.5) is 0 Å². The lowest BCUT2D eigenvalue weighted by Gasteiger charge is -2.38. The molecule has 2 aromatic heterocycles. The molecule has 1 aromatic carbocycles. The van der Waals surface area contributed by atoms with Crippen molar-refractivity contribution in [1.29, 1.82) is 0 Å². The molecular weight excluding hydrogens is 432 g/mol. The van der Waals surface area contributed by atoms with Crippen LogP contribution < -0.4 is 0 Å². The summed E-state index contributed by atoms with van der Waals surface area (Å²) < 4.78 is 2.14. The van der Waals surface area contributed by atoms with E-state index in [2.05, 4.69) is 40.8 Å². The van der Waals surface area contributed by atoms with Crippen molar-refractivity contribution in [2.75, 3.05) is 45.8 Å². The first-order valence-electron chi connectivity index (χ1n) is 12.1. The minimum atomic E-state index is 0.0527. The van der Waals surface area contributed by atoms with Gasteiger partial charge < -0.3 is 14.4 Å². The van der Waals surface area contributed by atoms with Crippen LogP contribution in [0.5, 0.6) is 0 Å². The molecule has 4 heterocycles. The van der Waals surface area contributed by atoms with Crippen molar-refractivity contribution in [3.63, 3.8) is 0 Å². The number of hydrogen-bond acceptors (Lipinski definition) is 4. The number of carbonyl (C=O) groups excluding carboxylic acids is 2. The molecule has 0 aliphatic carbocycles. The first-order chi connectivity index (χ1) is 16.1. The van der Waals surface area contributed by atoms with Crippen LogP contribution in [0.25, 0.3) is 15.9 Å². The number of carbonyl (C=O) groups is 2. The number of fused-ring (bicyclic) bond motifs is 1. The second-order valence-corrected chi connectivity index (χ2v) is 10.2. The van der Waals surface area contributed by atoms with Gasteiger partial charge in [0.15, 0.2) is 0 Å². The number of amides is 2. The number of rotatable bonds is 5. The fourth-order valence-electron chi connectivity index (χ4n) is 5.10. The highest BCUT2D eigenvalue weighted by atomic mass is 32.1. The van der Waals surface area contributed by atoms with Gasteiger partial charge in [-0.2, -0.15) is 0 Å². The summed E-state index contributed by atoms with van der Waals surface area (Å²) in [6, 6.07) is 14.3. The number of benzene rings is 1. The van der Waals surface area contributed by atoms with Crippen molar-refractivity contribution in [1.82, 2.24) is 19.3 Å². The third-order valence-electron chi connectivity index (χ3n) is 6.99. The second kappa shape index (κ2) is 9.69. The molecule has 5 rings (SSSR count). The average Bonchev–Trinajstić information content (AvgIpc) is 3.51. The standard InChI is InChI=1S/C26H32N4O2S/c1-2-12-27-16-18-29(19-17-27)25(31)21-9-13-28(14-10-21)26(32)23-7-8-24(33-23)30-15-11-20-5-3-4-6-22(20)30/h3-8,11,15,21H,2,9-10,12-14,16-19H2,1H3. The summed E-state index contributed by atoms with van der Waals surface area (Å²) in [5.74, 6) is 0.426. The van der Waals surface area contributed by atoms with E-state index in [1.54, 1.807) is 0 Å². The second-order valence-electron chi connectivity index (χ2n) is 9.12. The minimum absolute atomic E-state index is 0.0527. The van der Waals surface area contributed by atoms with Crippen LogP contribution in [0.3, 0.4) is 0 Å². The Bertz CT molecular complexity index is 1120. The monoisotopic (exact) mass is 464 g/mol. The zero-order valence-corrected chi connectivity index (χ0v) is 20.1. The molecule has 2 fully saturated rings. The van der Waals surface area contributed by atoms with Crippen molar-refractivity contribution in [2.24, 2.45) is 5.92 Å². The van der Waals surface area contributed by atoms with Crippen molar-refractivity contribution in [3.8, 4) is 5.00 Å². The van der Waals surface area contributed by atoms with Gasteiger partial charge in [-0.15, -0.1) is 11.3 Å². The summed E-state index contributed by atoms with van der Waals surface area (Å²) in [5, 5.41) is 2.24. The summed E-state index contributed by atoms with van der Waals surface area (Å²) in [5.41, 5.74) is 1.15. The van der Waals surface area contributed by atoms with Crippen LogP contribution in [-0.4, -0.2) is 76.9 Å². The van der Waals surface area contributed by atoms with E-state index < -0.39 is 0 Å². The summed E-state index contributed by atoms with van der Waals surface area (Å²) in [6.45, 7) is 8.27. The number of nitrogens with zero attached hydrogens (tertiary/aromatic N) is 4. The van der Waals surface area contributed by atoms with Gasteiger partial charge >= 0.3 is 0 Å². The molecule has 0 radical (unpaired) electrons. The Labute approximate surface area is 199 Å². The van der Waals surface area contributed by atoms with Gasteiger partial charge in [-0.05, 0) is 55.5 Å². The molecule has 0 bridgehead atoms. The number of piperazine rings is 1. The smallest absolute Gasteiger partial charge is 0.263 e. The maximum atomic E-state index is 13.1. The van der Waals surface area contributed by atoms with Gasteiger partial charge in [0.05, 0.1) is 10.4 Å². The van der Waals surface area contributed by atoms with E-state index in [0.29, 0.717) is 13.1 Å². The summed E-state index contributed by atoms with van der Waals surface area (Å²) in [4.78, 5) is 33.3. The Kier molecular flexibility index (Phi) is 6.51. The van der Waals surface area contributed by atoms with Crippen LogP contribution in [0.15, 0.2) is 48.7 Å². The number of aromatic nitrogens is 1. The Morgan fingerprint density at radius 3 is 2.42 bits per heavy atom. The number of thiophene rings is 1. The topological polar surface area (TPSA) is 48.8 Å². The molecule has 0 N–H and O–H groups in total. The first kappa shape index (κ1) is 22.2. The summed E-state index contributed by atoms with van der Waals surface area (Å²) in [6.07, 6.45) is 4.75. The van der Waals surface area contributed by atoms with Crippen LogP contribution in [-0.2, 0) is 4.79 Å². The maximum Gasteiger partial charge on any atom is 0.263 e.